The SMILES string of the molecule is CNC(=O)c1ccc(NCCCC(C)CO)c([N+](=O)[O-])c1. The van der Waals surface area contributed by atoms with E-state index >= 15 is 0 Å². The highest BCUT2D eigenvalue weighted by Crippen LogP contribution is 2.25. The van der Waals surface area contributed by atoms with E-state index in [4.69, 9.17) is 5.11 Å². The number of amides is 1. The average Bonchev–Trinajstić information content (AvgIpc) is 2.50. The number of hydrogen-bond donors (Lipinski definition) is 3. The number of nitrogens with one attached hydrogen (secondary N) is 2. The molecule has 3 N–H and O–H groups in total. The number of aliphatic hydroxyl groups excluding tert-OH is 1. The van der Waals surface area contributed by atoms with Crippen molar-refractivity contribution >= 4 is 17.3 Å². The fourth-order valence-corrected chi connectivity index (χ4v) is 1.88. The van der Waals surface area contributed by atoms with Crippen molar-refractivity contribution in [2.75, 3.05) is 25.5 Å². The van der Waals surface area contributed by atoms with Crippen LogP contribution in [0, 0.1) is 16.0 Å². The first-order chi connectivity index (χ1) is 9.99. The Morgan fingerprint density at radius 1 is 1.48 bits per heavy atom. The average molecular weight is 295 g/mol. The Balaban J connectivity index is 2.73. The molecule has 0 heterocycles. The molecule has 0 aliphatic rings. The lowest BCUT2D eigenvalue weighted by Gasteiger charge is -2.10. The van der Waals surface area contributed by atoms with E-state index in [-0.39, 0.29) is 29.7 Å². The maximum absolute atomic E-state index is 11.5. The molecule has 116 valence electrons. The summed E-state index contributed by atoms with van der Waals surface area (Å²) < 4.78 is 0. The number of rotatable bonds is 8. The summed E-state index contributed by atoms with van der Waals surface area (Å²) in [5.74, 6) is -0.140. The van der Waals surface area contributed by atoms with Crippen LogP contribution >= 0.6 is 0 Å². The van der Waals surface area contributed by atoms with Crippen LogP contribution in [0.15, 0.2) is 18.2 Å². The third-order valence-electron chi connectivity index (χ3n) is 3.18. The summed E-state index contributed by atoms with van der Waals surface area (Å²) in [7, 11) is 1.47. The van der Waals surface area contributed by atoms with Crippen LogP contribution in [0.3, 0.4) is 0 Å². The van der Waals surface area contributed by atoms with Crippen molar-refractivity contribution in [2.24, 2.45) is 5.92 Å². The van der Waals surface area contributed by atoms with Crippen LogP contribution in [0.4, 0.5) is 11.4 Å². The molecule has 1 aromatic carbocycles. The van der Waals surface area contributed by atoms with Crippen molar-refractivity contribution < 1.29 is 14.8 Å². The van der Waals surface area contributed by atoms with Crippen LogP contribution in [0.1, 0.15) is 30.1 Å². The molecule has 0 aliphatic carbocycles. The normalized spacial score (nSPS) is 11.8. The van der Waals surface area contributed by atoms with E-state index in [9.17, 15) is 14.9 Å². The summed E-state index contributed by atoms with van der Waals surface area (Å²) in [5, 5.41) is 25.4. The summed E-state index contributed by atoms with van der Waals surface area (Å²) in [4.78, 5) is 22.1. The van der Waals surface area contributed by atoms with Crippen LogP contribution in [0.25, 0.3) is 0 Å². The van der Waals surface area contributed by atoms with Gasteiger partial charge in [0.05, 0.1) is 4.92 Å². The van der Waals surface area contributed by atoms with Crippen LogP contribution in [-0.4, -0.2) is 36.1 Å². The number of nitro benzene ring substituents is 1. The van der Waals surface area contributed by atoms with Crippen LogP contribution in [0.2, 0.25) is 0 Å². The summed E-state index contributed by atoms with van der Waals surface area (Å²) in [5.41, 5.74) is 0.527. The zero-order chi connectivity index (χ0) is 15.8. The van der Waals surface area contributed by atoms with Gasteiger partial charge in [-0.05, 0) is 30.9 Å². The Morgan fingerprint density at radius 3 is 2.76 bits per heavy atom. The predicted octanol–water partition coefficient (Wildman–Crippen LogP) is 1.77. The number of anilines is 1. The summed E-state index contributed by atoms with van der Waals surface area (Å²) >= 11 is 0. The molecule has 1 unspecified atom stereocenters. The summed E-state index contributed by atoms with van der Waals surface area (Å²) in [6.07, 6.45) is 1.64. The zero-order valence-electron chi connectivity index (χ0n) is 12.3. The molecule has 7 nitrogen and oxygen atoms in total. The van der Waals surface area contributed by atoms with E-state index in [2.05, 4.69) is 10.6 Å². The second-order valence-electron chi connectivity index (χ2n) is 4.92. The largest absolute Gasteiger partial charge is 0.396 e. The lowest BCUT2D eigenvalue weighted by atomic mass is 10.1. The molecule has 1 aromatic rings. The number of aliphatic hydroxyl groups is 1. The van der Waals surface area contributed by atoms with Crippen LogP contribution < -0.4 is 10.6 Å². The Bertz CT molecular complexity index is 505. The number of nitro groups is 1. The molecule has 0 fully saturated rings. The fraction of sp³-hybridized carbons (Fsp3) is 0.500. The summed E-state index contributed by atoms with van der Waals surface area (Å²) in [6, 6.07) is 4.35. The maximum atomic E-state index is 11.5. The molecule has 0 spiro atoms. The molecule has 7 heteroatoms. The minimum atomic E-state index is -0.509. The van der Waals surface area contributed by atoms with E-state index in [1.54, 1.807) is 6.07 Å². The Morgan fingerprint density at radius 2 is 2.19 bits per heavy atom. The van der Waals surface area contributed by atoms with Crippen molar-refractivity contribution in [3.05, 3.63) is 33.9 Å². The van der Waals surface area contributed by atoms with Gasteiger partial charge < -0.3 is 15.7 Å². The lowest BCUT2D eigenvalue weighted by molar-refractivity contribution is -0.384. The van der Waals surface area contributed by atoms with Gasteiger partial charge in [0.25, 0.3) is 11.6 Å². The predicted molar refractivity (Wildman–Crippen MR) is 80.5 cm³/mol. The smallest absolute Gasteiger partial charge is 0.293 e. The highest BCUT2D eigenvalue weighted by Gasteiger charge is 2.16. The quantitative estimate of drug-likeness (QED) is 0.385. The molecule has 1 amide bonds. The van der Waals surface area contributed by atoms with Gasteiger partial charge in [0.2, 0.25) is 0 Å². The number of carbonyl (C=O) groups excluding carboxylic acids is 1. The third-order valence-corrected chi connectivity index (χ3v) is 3.18. The first kappa shape index (κ1) is 16.9. The molecule has 1 atom stereocenters. The second-order valence-corrected chi connectivity index (χ2v) is 4.92. The van der Waals surface area contributed by atoms with Crippen LogP contribution in [0.5, 0.6) is 0 Å². The van der Waals surface area contributed by atoms with Crippen molar-refractivity contribution in [1.29, 1.82) is 0 Å². The Hall–Kier alpha value is -2.15. The number of benzene rings is 1. The summed E-state index contributed by atoms with van der Waals surface area (Å²) in [6.45, 7) is 2.66. The second kappa shape index (κ2) is 8.21. The minimum absolute atomic E-state index is 0.119. The Labute approximate surface area is 123 Å². The van der Waals surface area contributed by atoms with Gasteiger partial charge in [-0.3, -0.25) is 14.9 Å². The van der Waals surface area contributed by atoms with Crippen LogP contribution in [-0.2, 0) is 0 Å². The molecule has 1 rings (SSSR count). The monoisotopic (exact) mass is 295 g/mol. The Kier molecular flexibility index (Phi) is 6.61. The van der Waals surface area contributed by atoms with Gasteiger partial charge in [-0.1, -0.05) is 6.92 Å². The molecule has 0 aliphatic heterocycles. The molecule has 0 saturated heterocycles. The number of nitrogens with zero attached hydrogens (tertiary/aromatic N) is 1. The van der Waals surface area contributed by atoms with Gasteiger partial charge in [0.15, 0.2) is 0 Å². The number of carbonyl (C=O) groups is 1. The van der Waals surface area contributed by atoms with E-state index in [0.717, 1.165) is 12.8 Å². The minimum Gasteiger partial charge on any atom is -0.396 e. The first-order valence-electron chi connectivity index (χ1n) is 6.84. The number of hydrogen-bond acceptors (Lipinski definition) is 5. The van der Waals surface area contributed by atoms with Gasteiger partial charge >= 0.3 is 0 Å². The fourth-order valence-electron chi connectivity index (χ4n) is 1.88. The standard InChI is InChI=1S/C14H21N3O4/c1-10(9-18)4-3-7-16-12-6-5-11(14(19)15-2)8-13(12)17(20)21/h5-6,8,10,16,18H,3-4,7,9H2,1-2H3,(H,15,19). The lowest BCUT2D eigenvalue weighted by Crippen LogP contribution is -2.18. The van der Waals surface area contributed by atoms with E-state index in [1.807, 2.05) is 6.92 Å². The molecular weight excluding hydrogens is 274 g/mol. The highest BCUT2D eigenvalue weighted by molar-refractivity contribution is 5.95. The van der Waals surface area contributed by atoms with Crippen molar-refractivity contribution in [3.63, 3.8) is 0 Å². The van der Waals surface area contributed by atoms with Crippen molar-refractivity contribution in [1.82, 2.24) is 5.32 Å². The molecule has 0 radical (unpaired) electrons. The van der Waals surface area contributed by atoms with Gasteiger partial charge in [0.1, 0.15) is 5.69 Å². The van der Waals surface area contributed by atoms with E-state index < -0.39 is 4.92 Å². The maximum Gasteiger partial charge on any atom is 0.293 e. The van der Waals surface area contributed by atoms with Crippen molar-refractivity contribution in [3.8, 4) is 0 Å². The van der Waals surface area contributed by atoms with Gasteiger partial charge in [-0.15, -0.1) is 0 Å². The third kappa shape index (κ3) is 5.03. The van der Waals surface area contributed by atoms with E-state index in [1.165, 1.54) is 19.2 Å². The zero-order valence-corrected chi connectivity index (χ0v) is 12.3. The first-order valence-corrected chi connectivity index (χ1v) is 6.84. The van der Waals surface area contributed by atoms with Gasteiger partial charge in [-0.2, -0.15) is 0 Å². The molecule has 21 heavy (non-hydrogen) atoms. The van der Waals surface area contributed by atoms with Gasteiger partial charge in [-0.25, -0.2) is 0 Å². The van der Waals surface area contributed by atoms with Crippen molar-refractivity contribution in [2.45, 2.75) is 19.8 Å². The van der Waals surface area contributed by atoms with E-state index in [0.29, 0.717) is 12.2 Å². The topological polar surface area (TPSA) is 104 Å². The highest BCUT2D eigenvalue weighted by atomic mass is 16.6. The van der Waals surface area contributed by atoms with Gasteiger partial charge in [0, 0.05) is 31.8 Å². The molecule has 0 saturated carbocycles. The molecule has 0 aromatic heterocycles. The molecular formula is C14H21N3O4. The molecule has 0 bridgehead atoms.